The molecule has 0 N–H and O–H groups in total. The molecule has 0 bridgehead atoms. The van der Waals surface area contributed by atoms with Gasteiger partial charge in [-0.3, -0.25) is 9.59 Å². The molecule has 1 amide bonds. The predicted molar refractivity (Wildman–Crippen MR) is 74.7 cm³/mol. The summed E-state index contributed by atoms with van der Waals surface area (Å²) in [6, 6.07) is 5.28. The van der Waals surface area contributed by atoms with Crippen LogP contribution in [-0.2, 0) is 4.79 Å². The topological polar surface area (TPSA) is 37.4 Å². The summed E-state index contributed by atoms with van der Waals surface area (Å²) in [6.07, 6.45) is 0.709. The molecule has 0 fully saturated rings. The van der Waals surface area contributed by atoms with Gasteiger partial charge in [-0.25, -0.2) is 4.39 Å². The van der Waals surface area contributed by atoms with Crippen molar-refractivity contribution < 1.29 is 14.0 Å². The number of thioether (sulfide) groups is 1. The fourth-order valence-electron chi connectivity index (χ4n) is 2.12. The number of hydrogen-bond acceptors (Lipinski definition) is 3. The molecule has 0 saturated heterocycles. The van der Waals surface area contributed by atoms with Gasteiger partial charge >= 0.3 is 0 Å². The molecule has 19 heavy (non-hydrogen) atoms. The third-order valence-corrected chi connectivity index (χ3v) is 4.56. The monoisotopic (exact) mass is 281 g/mol. The van der Waals surface area contributed by atoms with Crippen molar-refractivity contribution in [1.29, 1.82) is 0 Å². The second-order valence-electron chi connectivity index (χ2n) is 4.43. The van der Waals surface area contributed by atoms with Crippen LogP contribution in [0.4, 0.5) is 10.1 Å². The lowest BCUT2D eigenvalue weighted by Gasteiger charge is -2.33. The minimum absolute atomic E-state index is 0.0459. The zero-order valence-corrected chi connectivity index (χ0v) is 11.8. The number of carbonyl (C=O) groups excluding carboxylic acids is 2. The molecule has 1 aliphatic rings. The first-order valence-electron chi connectivity index (χ1n) is 6.27. The van der Waals surface area contributed by atoms with E-state index in [1.807, 2.05) is 13.0 Å². The molecule has 0 saturated carbocycles. The van der Waals surface area contributed by atoms with Crippen molar-refractivity contribution in [2.24, 2.45) is 0 Å². The highest BCUT2D eigenvalue weighted by atomic mass is 32.2. The van der Waals surface area contributed by atoms with Crippen molar-refractivity contribution in [2.45, 2.75) is 30.4 Å². The van der Waals surface area contributed by atoms with Gasteiger partial charge in [0.2, 0.25) is 5.91 Å². The summed E-state index contributed by atoms with van der Waals surface area (Å²) in [6.45, 7) is 2.88. The van der Waals surface area contributed by atoms with E-state index in [1.165, 1.54) is 23.6 Å². The van der Waals surface area contributed by atoms with Crippen molar-refractivity contribution in [3.63, 3.8) is 0 Å². The maximum atomic E-state index is 12.7. The number of alkyl halides is 1. The van der Waals surface area contributed by atoms with Gasteiger partial charge in [0.25, 0.3) is 0 Å². The number of carbonyl (C=O) groups is 2. The molecule has 0 aliphatic carbocycles. The van der Waals surface area contributed by atoms with Crippen LogP contribution in [0.3, 0.4) is 0 Å². The highest BCUT2D eigenvalue weighted by molar-refractivity contribution is 8.01. The van der Waals surface area contributed by atoms with Crippen LogP contribution in [0.5, 0.6) is 0 Å². The molecule has 1 atom stereocenters. The number of hydrogen-bond donors (Lipinski definition) is 0. The number of halogens is 1. The fraction of sp³-hybridized carbons (Fsp3) is 0.429. The molecule has 1 unspecified atom stereocenters. The van der Waals surface area contributed by atoms with Gasteiger partial charge in [0.15, 0.2) is 5.78 Å². The molecule has 5 heteroatoms. The van der Waals surface area contributed by atoms with E-state index in [2.05, 4.69) is 0 Å². The molecule has 1 aromatic carbocycles. The second-order valence-corrected chi connectivity index (χ2v) is 5.68. The summed E-state index contributed by atoms with van der Waals surface area (Å²) >= 11 is 1.49. The molecule has 0 spiro atoms. The lowest BCUT2D eigenvalue weighted by atomic mass is 10.1. The van der Waals surface area contributed by atoms with E-state index in [1.54, 1.807) is 12.1 Å². The van der Waals surface area contributed by atoms with E-state index >= 15 is 0 Å². The van der Waals surface area contributed by atoms with Gasteiger partial charge in [0.05, 0.1) is 17.5 Å². The first-order chi connectivity index (χ1) is 9.08. The van der Waals surface area contributed by atoms with E-state index in [4.69, 9.17) is 0 Å². The third-order valence-electron chi connectivity index (χ3n) is 3.15. The fourth-order valence-corrected chi connectivity index (χ4v) is 3.25. The van der Waals surface area contributed by atoms with Crippen LogP contribution in [-0.4, -0.2) is 30.2 Å². The predicted octanol–water partition coefficient (Wildman–Crippen LogP) is 3.08. The zero-order chi connectivity index (χ0) is 14.0. The highest BCUT2D eigenvalue weighted by Gasteiger charge is 2.32. The number of nitrogens with zero attached hydrogens (tertiary/aromatic N) is 1. The van der Waals surface area contributed by atoms with Gasteiger partial charge < -0.3 is 4.90 Å². The smallest absolute Gasteiger partial charge is 0.240 e. The Hall–Kier alpha value is -1.36. The number of anilines is 1. The van der Waals surface area contributed by atoms with E-state index in [0.717, 1.165) is 4.90 Å². The summed E-state index contributed by atoms with van der Waals surface area (Å²) in [5, 5.41) is -0.165. The van der Waals surface area contributed by atoms with Gasteiger partial charge in [-0.2, -0.15) is 0 Å². The van der Waals surface area contributed by atoms with Gasteiger partial charge in [0.1, 0.15) is 6.67 Å². The SMILES string of the molecule is CCC1Sc2ccc(C(C)=O)cc2N(CCF)C1=O. The maximum Gasteiger partial charge on any atom is 0.240 e. The Morgan fingerprint density at radius 3 is 2.79 bits per heavy atom. The second kappa shape index (κ2) is 5.74. The standard InChI is InChI=1S/C14H16FNO2S/c1-3-12-14(18)16(7-6-15)11-8-10(9(2)17)4-5-13(11)19-12/h4-5,8,12H,3,6-7H2,1-2H3. The minimum atomic E-state index is -0.587. The van der Waals surface area contributed by atoms with Crippen molar-refractivity contribution in [1.82, 2.24) is 0 Å². The number of benzene rings is 1. The van der Waals surface area contributed by atoms with Gasteiger partial charge in [-0.1, -0.05) is 13.0 Å². The average Bonchev–Trinajstić information content (AvgIpc) is 2.41. The van der Waals surface area contributed by atoms with Crippen molar-refractivity contribution >= 4 is 29.1 Å². The van der Waals surface area contributed by atoms with E-state index in [0.29, 0.717) is 17.7 Å². The van der Waals surface area contributed by atoms with Crippen LogP contribution in [0.2, 0.25) is 0 Å². The third kappa shape index (κ3) is 2.66. The van der Waals surface area contributed by atoms with Crippen molar-refractivity contribution in [3.8, 4) is 0 Å². The molecule has 1 aliphatic heterocycles. The minimum Gasteiger partial charge on any atom is -0.308 e. The molecule has 1 heterocycles. The van der Waals surface area contributed by atoms with Gasteiger partial charge in [-0.15, -0.1) is 11.8 Å². The summed E-state index contributed by atoms with van der Waals surface area (Å²) < 4.78 is 12.7. The Balaban J connectivity index is 2.47. The molecular formula is C14H16FNO2S. The van der Waals surface area contributed by atoms with Crippen LogP contribution in [0.15, 0.2) is 23.1 Å². The van der Waals surface area contributed by atoms with Gasteiger partial charge in [0, 0.05) is 10.5 Å². The lowest BCUT2D eigenvalue weighted by molar-refractivity contribution is -0.118. The summed E-state index contributed by atoms with van der Waals surface area (Å²) in [5.74, 6) is -0.128. The molecule has 1 aromatic rings. The zero-order valence-electron chi connectivity index (χ0n) is 11.0. The normalized spacial score (nSPS) is 18.4. The largest absolute Gasteiger partial charge is 0.308 e. The molecule has 0 aromatic heterocycles. The number of ketones is 1. The van der Waals surface area contributed by atoms with E-state index in [-0.39, 0.29) is 23.5 Å². The summed E-state index contributed by atoms with van der Waals surface area (Å²) in [7, 11) is 0. The maximum absolute atomic E-state index is 12.7. The molecule has 102 valence electrons. The van der Waals surface area contributed by atoms with Crippen LogP contribution >= 0.6 is 11.8 Å². The lowest BCUT2D eigenvalue weighted by Crippen LogP contribution is -2.42. The van der Waals surface area contributed by atoms with E-state index in [9.17, 15) is 14.0 Å². The van der Waals surface area contributed by atoms with Crippen LogP contribution in [0, 0.1) is 0 Å². The quantitative estimate of drug-likeness (QED) is 0.796. The Kier molecular flexibility index (Phi) is 4.24. The average molecular weight is 281 g/mol. The van der Waals surface area contributed by atoms with E-state index < -0.39 is 6.67 Å². The Morgan fingerprint density at radius 2 is 2.21 bits per heavy atom. The molecule has 3 nitrogen and oxygen atoms in total. The number of rotatable bonds is 4. The first kappa shape index (κ1) is 14.1. The highest BCUT2D eigenvalue weighted by Crippen LogP contribution is 2.40. The summed E-state index contributed by atoms with van der Waals surface area (Å²) in [5.41, 5.74) is 1.20. The number of fused-ring (bicyclic) bond motifs is 1. The van der Waals surface area contributed by atoms with Crippen LogP contribution < -0.4 is 4.90 Å². The Morgan fingerprint density at radius 1 is 1.47 bits per heavy atom. The van der Waals surface area contributed by atoms with Crippen LogP contribution in [0.1, 0.15) is 30.6 Å². The van der Waals surface area contributed by atoms with Crippen molar-refractivity contribution in [2.75, 3.05) is 18.1 Å². The molecular weight excluding hydrogens is 265 g/mol. The molecule has 0 radical (unpaired) electrons. The van der Waals surface area contributed by atoms with Crippen molar-refractivity contribution in [3.05, 3.63) is 23.8 Å². The number of amides is 1. The summed E-state index contributed by atoms with van der Waals surface area (Å²) in [4.78, 5) is 26.1. The molecule has 2 rings (SSSR count). The van der Waals surface area contributed by atoms with Crippen LogP contribution in [0.25, 0.3) is 0 Å². The Bertz CT molecular complexity index is 518. The number of Topliss-reactive ketones (excluding diaryl/α,β-unsaturated/α-hetero) is 1. The first-order valence-corrected chi connectivity index (χ1v) is 7.15. The Labute approximate surface area is 116 Å². The van der Waals surface area contributed by atoms with Gasteiger partial charge in [-0.05, 0) is 25.5 Å².